The van der Waals surface area contributed by atoms with Gasteiger partial charge in [-0.25, -0.2) is 0 Å². The van der Waals surface area contributed by atoms with Gasteiger partial charge in [0, 0.05) is 0 Å². The molecule has 19 heteroatoms. The molecule has 27 heavy (non-hydrogen) atoms. The molecule has 0 saturated carbocycles. The summed E-state index contributed by atoms with van der Waals surface area (Å²) in [6.07, 6.45) is -37.6. The second kappa shape index (κ2) is 6.52. The molecule has 0 radical (unpaired) electrons. The van der Waals surface area contributed by atoms with Crippen LogP contribution in [0.1, 0.15) is 0 Å². The lowest BCUT2D eigenvalue weighted by Crippen LogP contribution is -2.63. The van der Waals surface area contributed by atoms with Crippen molar-refractivity contribution in [1.82, 2.24) is 0 Å². The summed E-state index contributed by atoms with van der Waals surface area (Å²) < 4.78 is 199. The Bertz CT molecular complexity index is 543. The lowest BCUT2D eigenvalue weighted by Gasteiger charge is -2.36. The number of ether oxygens (including phenoxy) is 2. The van der Waals surface area contributed by atoms with Gasteiger partial charge < -0.3 is 0 Å². The molecule has 0 heterocycles. The molecule has 0 aliphatic carbocycles. The first-order valence-electron chi connectivity index (χ1n) is 5.29. The van der Waals surface area contributed by atoms with E-state index in [9.17, 15) is 75.0 Å². The highest BCUT2D eigenvalue weighted by Crippen LogP contribution is 2.53. The van der Waals surface area contributed by atoms with Gasteiger partial charge in [-0.3, -0.25) is 14.3 Å². The average molecular weight is 448 g/mol. The van der Waals surface area contributed by atoms with Crippen LogP contribution in [0.5, 0.6) is 0 Å². The van der Waals surface area contributed by atoms with Gasteiger partial charge in [-0.1, -0.05) is 0 Å². The fourth-order valence-electron chi connectivity index (χ4n) is 0.958. The van der Waals surface area contributed by atoms with Crippen molar-refractivity contribution in [3.05, 3.63) is 0 Å². The average Bonchev–Trinajstić information content (AvgIpc) is 2.32. The van der Waals surface area contributed by atoms with Crippen LogP contribution in [0.2, 0.25) is 0 Å². The maximum Gasteiger partial charge on any atom is 0.459 e. The Morgan fingerprint density at radius 3 is 1.04 bits per heavy atom. The largest absolute Gasteiger partial charge is 0.459 e. The van der Waals surface area contributed by atoms with E-state index in [1.54, 1.807) is 0 Å². The molecule has 0 spiro atoms. The highest BCUT2D eigenvalue weighted by molar-refractivity contribution is 5.77. The standard InChI is InChI=1S/C8F16O3/c9-1(25)2(10,4(12,13)14)26-7(21,22)8(23,24)27-3(11,5(15,16)17)6(18,19)20. The number of rotatable bonds is 6. The first-order chi connectivity index (χ1) is 11.4. The fourth-order valence-corrected chi connectivity index (χ4v) is 0.958. The minimum absolute atomic E-state index is 1.26. The van der Waals surface area contributed by atoms with Crippen molar-refractivity contribution < 1.29 is 84.5 Å². The fraction of sp³-hybridized carbons (Fsp3) is 0.875. The minimum Gasteiger partial charge on any atom is -0.260 e. The topological polar surface area (TPSA) is 35.5 Å². The number of carbonyl (C=O) groups excluding carboxylic acids is 1. The van der Waals surface area contributed by atoms with Crippen LogP contribution in [0.25, 0.3) is 0 Å². The van der Waals surface area contributed by atoms with Crippen LogP contribution in [0.3, 0.4) is 0 Å². The van der Waals surface area contributed by atoms with E-state index in [0.29, 0.717) is 0 Å². The summed E-state index contributed by atoms with van der Waals surface area (Å²) >= 11 is 0. The molecular weight excluding hydrogens is 448 g/mol. The van der Waals surface area contributed by atoms with E-state index in [0.717, 1.165) is 0 Å². The minimum atomic E-state index is -7.68. The third kappa shape index (κ3) is 4.49. The third-order valence-corrected chi connectivity index (χ3v) is 2.22. The van der Waals surface area contributed by atoms with Crippen LogP contribution in [-0.4, -0.2) is 48.5 Å². The van der Waals surface area contributed by atoms with Gasteiger partial charge in [0.2, 0.25) is 0 Å². The Morgan fingerprint density at radius 1 is 0.519 bits per heavy atom. The molecule has 0 saturated heterocycles. The molecule has 0 aromatic heterocycles. The molecule has 0 bridgehead atoms. The molecular formula is C8F16O3. The first kappa shape index (κ1) is 25.5. The van der Waals surface area contributed by atoms with Gasteiger partial charge in [-0.15, -0.1) is 0 Å². The van der Waals surface area contributed by atoms with Gasteiger partial charge in [-0.05, 0) is 0 Å². The lowest BCUT2D eigenvalue weighted by atomic mass is 10.3. The molecule has 0 aliphatic rings. The summed E-state index contributed by atoms with van der Waals surface area (Å²) in [5, 5.41) is 0. The molecule has 0 aromatic rings. The number of carbonyl (C=O) groups is 1. The Kier molecular flexibility index (Phi) is 6.15. The molecule has 0 aliphatic heterocycles. The predicted octanol–water partition coefficient (Wildman–Crippen LogP) is 4.72. The molecule has 3 nitrogen and oxygen atoms in total. The maximum atomic E-state index is 12.9. The Morgan fingerprint density at radius 2 is 0.815 bits per heavy atom. The Balaban J connectivity index is 6.16. The molecule has 0 amide bonds. The van der Waals surface area contributed by atoms with E-state index in [4.69, 9.17) is 0 Å². The van der Waals surface area contributed by atoms with Gasteiger partial charge in [0.25, 0.3) is 0 Å². The number of hydrogen-bond acceptors (Lipinski definition) is 3. The van der Waals surface area contributed by atoms with Gasteiger partial charge in [0.15, 0.2) is 0 Å². The number of halogens is 16. The van der Waals surface area contributed by atoms with E-state index < -0.39 is 48.5 Å². The van der Waals surface area contributed by atoms with Crippen molar-refractivity contribution in [2.75, 3.05) is 0 Å². The molecule has 0 N–H and O–H groups in total. The molecule has 0 fully saturated rings. The van der Waals surface area contributed by atoms with Crippen LogP contribution in [0.15, 0.2) is 0 Å². The summed E-state index contributed by atoms with van der Waals surface area (Å²) in [5.74, 6) is -14.6. The van der Waals surface area contributed by atoms with E-state index >= 15 is 0 Å². The summed E-state index contributed by atoms with van der Waals surface area (Å²) in [4.78, 5) is 9.78. The van der Waals surface area contributed by atoms with E-state index in [-0.39, 0.29) is 0 Å². The smallest absolute Gasteiger partial charge is 0.260 e. The van der Waals surface area contributed by atoms with Crippen molar-refractivity contribution >= 4 is 6.04 Å². The van der Waals surface area contributed by atoms with Gasteiger partial charge in [0.05, 0.1) is 0 Å². The number of hydrogen-bond donors (Lipinski definition) is 0. The molecule has 1 unspecified atom stereocenters. The highest BCUT2D eigenvalue weighted by atomic mass is 19.4. The van der Waals surface area contributed by atoms with Crippen LogP contribution in [-0.2, 0) is 14.3 Å². The zero-order chi connectivity index (χ0) is 22.5. The van der Waals surface area contributed by atoms with Crippen LogP contribution >= 0.6 is 0 Å². The summed E-state index contributed by atoms with van der Waals surface area (Å²) in [6.45, 7) is 0. The maximum absolute atomic E-state index is 12.9. The quantitative estimate of drug-likeness (QED) is 0.436. The SMILES string of the molecule is O=C(F)C(F)(OC(F)(F)C(F)(F)OC(F)(C(F)(F)F)C(F)(F)F)C(F)(F)F. The first-order valence-corrected chi connectivity index (χ1v) is 5.29. The van der Waals surface area contributed by atoms with Crippen LogP contribution in [0.4, 0.5) is 70.2 Å². The van der Waals surface area contributed by atoms with Crippen molar-refractivity contribution in [3.8, 4) is 0 Å². The van der Waals surface area contributed by atoms with Crippen LogP contribution in [0, 0.1) is 0 Å². The second-order valence-electron chi connectivity index (χ2n) is 4.20. The Hall–Kier alpha value is -1.53. The molecule has 0 aromatic carbocycles. The lowest BCUT2D eigenvalue weighted by molar-refractivity contribution is -0.542. The summed E-state index contributed by atoms with van der Waals surface area (Å²) in [7, 11) is 0. The van der Waals surface area contributed by atoms with Gasteiger partial charge >= 0.3 is 48.5 Å². The zero-order valence-corrected chi connectivity index (χ0v) is 11.3. The van der Waals surface area contributed by atoms with Crippen molar-refractivity contribution in [2.45, 2.75) is 42.5 Å². The van der Waals surface area contributed by atoms with E-state index in [1.165, 1.54) is 9.47 Å². The number of alkyl halides is 15. The second-order valence-corrected chi connectivity index (χ2v) is 4.20. The molecule has 162 valence electrons. The third-order valence-electron chi connectivity index (χ3n) is 2.22. The van der Waals surface area contributed by atoms with Crippen molar-refractivity contribution in [2.24, 2.45) is 0 Å². The molecule has 0 rings (SSSR count). The van der Waals surface area contributed by atoms with Crippen molar-refractivity contribution in [1.29, 1.82) is 0 Å². The van der Waals surface area contributed by atoms with Gasteiger partial charge in [0.1, 0.15) is 0 Å². The summed E-state index contributed by atoms with van der Waals surface area (Å²) in [6, 6.07) is -4.61. The van der Waals surface area contributed by atoms with Crippen molar-refractivity contribution in [3.63, 3.8) is 0 Å². The molecule has 1 atom stereocenters. The monoisotopic (exact) mass is 448 g/mol. The highest BCUT2D eigenvalue weighted by Gasteiger charge is 2.82. The predicted molar refractivity (Wildman–Crippen MR) is 44.0 cm³/mol. The van der Waals surface area contributed by atoms with E-state index in [1.807, 2.05) is 0 Å². The zero-order valence-electron chi connectivity index (χ0n) is 11.3. The van der Waals surface area contributed by atoms with E-state index in [2.05, 4.69) is 0 Å². The summed E-state index contributed by atoms with van der Waals surface area (Å²) in [5.41, 5.74) is 0. The normalized spacial score (nSPS) is 17.6. The van der Waals surface area contributed by atoms with Crippen LogP contribution < -0.4 is 0 Å². The van der Waals surface area contributed by atoms with Gasteiger partial charge in [-0.2, -0.15) is 70.2 Å². The Labute approximate surface area is 134 Å².